The summed E-state index contributed by atoms with van der Waals surface area (Å²) in [4.78, 5) is 61.7. The van der Waals surface area contributed by atoms with Gasteiger partial charge in [0.2, 0.25) is 17.6 Å². The van der Waals surface area contributed by atoms with Crippen LogP contribution in [0.4, 0.5) is 9.93 Å². The highest BCUT2D eigenvalue weighted by Gasteiger charge is 2.61. The van der Waals surface area contributed by atoms with Gasteiger partial charge in [-0.05, 0) is 60.6 Å². The van der Waals surface area contributed by atoms with Crippen molar-refractivity contribution in [2.24, 2.45) is 11.3 Å². The molecule has 6 rings (SSSR count). The van der Waals surface area contributed by atoms with Crippen molar-refractivity contribution < 1.29 is 37.1 Å². The molecule has 2 aromatic heterocycles. The van der Waals surface area contributed by atoms with Gasteiger partial charge in [0.25, 0.3) is 5.91 Å². The van der Waals surface area contributed by atoms with Crippen molar-refractivity contribution >= 4 is 50.5 Å². The van der Waals surface area contributed by atoms with Crippen LogP contribution in [0.5, 0.6) is 5.75 Å². The van der Waals surface area contributed by atoms with Crippen LogP contribution in [-0.4, -0.2) is 99.7 Å². The maximum Gasteiger partial charge on any atom is 0.408 e. The smallest absolute Gasteiger partial charge is 0.408 e. The summed E-state index contributed by atoms with van der Waals surface area (Å²) < 4.78 is 40.5. The summed E-state index contributed by atoms with van der Waals surface area (Å²) in [6.07, 6.45) is 4.40. The fraction of sp³-hybridized carbons (Fsp3) is 0.515. The van der Waals surface area contributed by atoms with Crippen molar-refractivity contribution in [3.05, 3.63) is 48.5 Å². The lowest BCUT2D eigenvalue weighted by atomic mass is 9.85. The SMILES string of the molecule is C=C[C@@H]1C[C@]1(NC(=O)[C@@H]1C[C@@H](n2nnc(-c3ccc(OC)cc3)n2)CN1C(=O)[C@@H](NC(=O)OC1CCC1)C(C)(C)C)C(=O)NS(=O)(=O)Nc1nccs1. The van der Waals surface area contributed by atoms with E-state index in [0.717, 1.165) is 30.6 Å². The molecule has 1 aromatic carbocycles. The Morgan fingerprint density at radius 3 is 2.47 bits per heavy atom. The van der Waals surface area contributed by atoms with Crippen LogP contribution in [0.3, 0.4) is 0 Å². The number of hydrogen-bond donors (Lipinski definition) is 4. The Labute approximate surface area is 310 Å². The zero-order valence-electron chi connectivity index (χ0n) is 29.6. The van der Waals surface area contributed by atoms with E-state index < -0.39 is 69.0 Å². The summed E-state index contributed by atoms with van der Waals surface area (Å²) in [6.45, 7) is 9.04. The van der Waals surface area contributed by atoms with Crippen LogP contribution in [0, 0.1) is 11.3 Å². The molecule has 3 aromatic rings. The van der Waals surface area contributed by atoms with E-state index in [1.54, 1.807) is 57.5 Å². The van der Waals surface area contributed by atoms with E-state index in [1.807, 2.05) is 4.72 Å². The predicted molar refractivity (Wildman–Crippen MR) is 191 cm³/mol. The van der Waals surface area contributed by atoms with Gasteiger partial charge in [0, 0.05) is 36.0 Å². The summed E-state index contributed by atoms with van der Waals surface area (Å²) in [5, 5.41) is 20.0. The maximum atomic E-state index is 14.5. The molecule has 0 radical (unpaired) electrons. The van der Waals surface area contributed by atoms with Gasteiger partial charge in [-0.25, -0.2) is 19.2 Å². The molecule has 0 spiro atoms. The number of tetrazole rings is 1. The van der Waals surface area contributed by atoms with Crippen LogP contribution in [0.15, 0.2) is 48.5 Å². The Morgan fingerprint density at radius 1 is 1.15 bits per heavy atom. The van der Waals surface area contributed by atoms with Crippen molar-refractivity contribution in [2.75, 3.05) is 18.4 Å². The first-order valence-electron chi connectivity index (χ1n) is 17.0. The summed E-state index contributed by atoms with van der Waals surface area (Å²) in [5.41, 5.74) is -1.81. The first kappa shape index (κ1) is 37.6. The van der Waals surface area contributed by atoms with Crippen molar-refractivity contribution in [3.8, 4) is 17.1 Å². The lowest BCUT2D eigenvalue weighted by Crippen LogP contribution is -2.60. The molecule has 4 amide bonds. The number of benzene rings is 1. The van der Waals surface area contributed by atoms with E-state index >= 15 is 0 Å². The third-order valence-corrected chi connectivity index (χ3v) is 11.3. The van der Waals surface area contributed by atoms with Gasteiger partial charge in [-0.1, -0.05) is 26.8 Å². The van der Waals surface area contributed by atoms with Gasteiger partial charge in [-0.15, -0.1) is 28.1 Å². The number of anilines is 1. The van der Waals surface area contributed by atoms with Gasteiger partial charge in [0.05, 0.1) is 13.2 Å². The van der Waals surface area contributed by atoms with Crippen LogP contribution in [0.1, 0.15) is 58.9 Å². The molecule has 0 unspecified atom stereocenters. The average Bonchev–Trinajstić information content (AvgIpc) is 3.54. The quantitative estimate of drug-likeness (QED) is 0.183. The Balaban J connectivity index is 1.26. The molecule has 18 nitrogen and oxygen atoms in total. The Hall–Kier alpha value is -5.11. The van der Waals surface area contributed by atoms with Gasteiger partial charge in [-0.3, -0.25) is 14.4 Å². The number of carbonyl (C=O) groups excluding carboxylic acids is 4. The summed E-state index contributed by atoms with van der Waals surface area (Å²) in [7, 11) is -2.86. The number of rotatable bonds is 13. The van der Waals surface area contributed by atoms with E-state index in [9.17, 15) is 27.6 Å². The van der Waals surface area contributed by atoms with Gasteiger partial charge in [-0.2, -0.15) is 13.2 Å². The molecule has 4 N–H and O–H groups in total. The Bertz CT molecular complexity index is 1960. The van der Waals surface area contributed by atoms with E-state index in [-0.39, 0.29) is 30.6 Å². The minimum Gasteiger partial charge on any atom is -0.497 e. The first-order chi connectivity index (χ1) is 25.1. The van der Waals surface area contributed by atoms with Crippen molar-refractivity contribution in [1.29, 1.82) is 0 Å². The number of nitrogens with one attached hydrogen (secondary N) is 4. The molecule has 3 heterocycles. The lowest BCUT2D eigenvalue weighted by molar-refractivity contribution is -0.142. The van der Waals surface area contributed by atoms with Gasteiger partial charge in [0.1, 0.15) is 29.5 Å². The van der Waals surface area contributed by atoms with Gasteiger partial charge >= 0.3 is 16.3 Å². The number of carbonyl (C=O) groups is 4. The summed E-state index contributed by atoms with van der Waals surface area (Å²) in [5.74, 6) is -1.91. The number of aromatic nitrogens is 5. The molecule has 5 atom stereocenters. The standard InChI is InChI=1S/C33H42N10O8S2/c1-6-20-17-33(20,29(46)39-53(48,49)40-30-34-14-15-52-30)36-27(44)24-16-21(43-38-26(37-41-43)19-10-12-22(50-5)13-11-19)18-42(24)28(45)25(32(2,3)4)35-31(47)51-23-8-7-9-23/h6,10-15,20-21,23-25H,1,7-9,16-18H2,2-5H3,(H,34,40)(H,35,47)(H,36,44)(H,39,46)/t20-,21-,24+,25-,33-/m1/s1. The zero-order valence-corrected chi connectivity index (χ0v) is 31.3. The van der Waals surface area contributed by atoms with E-state index in [0.29, 0.717) is 17.1 Å². The number of likely N-dealkylation sites (tertiary alicyclic amines) is 1. The van der Waals surface area contributed by atoms with Gasteiger partial charge in [0.15, 0.2) is 5.13 Å². The second-order valence-corrected chi connectivity index (χ2v) is 16.7. The number of ether oxygens (including phenoxy) is 2. The highest BCUT2D eigenvalue weighted by atomic mass is 32.2. The minimum absolute atomic E-state index is 0.0136. The fourth-order valence-corrected chi connectivity index (χ4v) is 7.93. The number of hydrogen-bond acceptors (Lipinski definition) is 13. The monoisotopic (exact) mass is 770 g/mol. The van der Waals surface area contributed by atoms with Crippen molar-refractivity contribution in [3.63, 3.8) is 0 Å². The molecule has 2 aliphatic carbocycles. The zero-order chi connectivity index (χ0) is 38.1. The van der Waals surface area contributed by atoms with E-state index in [4.69, 9.17) is 9.47 Å². The minimum atomic E-state index is -4.41. The summed E-state index contributed by atoms with van der Waals surface area (Å²) in [6, 6.07) is 4.12. The van der Waals surface area contributed by atoms with Gasteiger partial charge < -0.3 is 25.0 Å². The maximum absolute atomic E-state index is 14.5. The number of methoxy groups -OCH3 is 1. The highest BCUT2D eigenvalue weighted by Crippen LogP contribution is 2.45. The predicted octanol–water partition coefficient (Wildman–Crippen LogP) is 2.17. The molecule has 2 saturated carbocycles. The lowest BCUT2D eigenvalue weighted by Gasteiger charge is -2.36. The largest absolute Gasteiger partial charge is 0.497 e. The van der Waals surface area contributed by atoms with E-state index in [2.05, 4.69) is 42.3 Å². The van der Waals surface area contributed by atoms with Crippen LogP contribution in [0.25, 0.3) is 11.4 Å². The Kier molecular flexibility index (Phi) is 10.5. The van der Waals surface area contributed by atoms with Crippen LogP contribution >= 0.6 is 11.3 Å². The molecule has 20 heteroatoms. The van der Waals surface area contributed by atoms with Crippen LogP contribution in [0.2, 0.25) is 0 Å². The number of alkyl carbamates (subject to hydrolysis) is 1. The third-order valence-electron chi connectivity index (χ3n) is 9.60. The number of nitrogens with zero attached hydrogens (tertiary/aromatic N) is 6. The molecule has 1 aliphatic heterocycles. The molecule has 284 valence electrons. The first-order valence-corrected chi connectivity index (χ1v) is 19.4. The molecule has 53 heavy (non-hydrogen) atoms. The van der Waals surface area contributed by atoms with Crippen molar-refractivity contribution in [2.45, 2.75) is 82.6 Å². The second-order valence-electron chi connectivity index (χ2n) is 14.3. The molecule has 3 fully saturated rings. The topological polar surface area (TPSA) is 229 Å². The second kappa shape index (κ2) is 14.7. The number of amides is 4. The molecule has 3 aliphatic rings. The third kappa shape index (κ3) is 8.27. The molecule has 0 bridgehead atoms. The van der Waals surface area contributed by atoms with Crippen LogP contribution < -0.4 is 24.8 Å². The fourth-order valence-electron chi connectivity index (χ4n) is 6.28. The molecular formula is C33H42N10O8S2. The molecular weight excluding hydrogens is 729 g/mol. The molecule has 1 saturated heterocycles. The summed E-state index contributed by atoms with van der Waals surface area (Å²) >= 11 is 1.02. The van der Waals surface area contributed by atoms with Crippen molar-refractivity contribution in [1.82, 2.24) is 45.4 Å². The number of thiazole rings is 1. The normalized spacial score (nSPS) is 23.2. The average molecular weight is 771 g/mol. The van der Waals surface area contributed by atoms with E-state index in [1.165, 1.54) is 22.0 Å². The highest BCUT2D eigenvalue weighted by molar-refractivity contribution is 7.91. The Morgan fingerprint density at radius 2 is 1.89 bits per heavy atom. The van der Waals surface area contributed by atoms with Crippen LogP contribution in [-0.2, 0) is 29.3 Å².